The van der Waals surface area contributed by atoms with E-state index in [2.05, 4.69) is 17.9 Å². The fourth-order valence-corrected chi connectivity index (χ4v) is 3.31. The van der Waals surface area contributed by atoms with Crippen LogP contribution in [0.2, 0.25) is 0 Å². The van der Waals surface area contributed by atoms with Crippen molar-refractivity contribution in [1.29, 1.82) is 5.26 Å². The maximum atomic E-state index is 9.42. The van der Waals surface area contributed by atoms with Gasteiger partial charge in [-0.25, -0.2) is 0 Å². The van der Waals surface area contributed by atoms with Crippen LogP contribution in [0.4, 0.5) is 5.69 Å². The Morgan fingerprint density at radius 1 is 1.42 bits per heavy atom. The zero-order valence-corrected chi connectivity index (χ0v) is 12.1. The van der Waals surface area contributed by atoms with Crippen molar-refractivity contribution in [3.05, 3.63) is 23.8 Å². The normalized spacial score (nSPS) is 16.4. The molecule has 0 radical (unpaired) electrons. The van der Waals surface area contributed by atoms with Crippen molar-refractivity contribution >= 4 is 17.4 Å². The first kappa shape index (κ1) is 14.2. The number of nitrogens with zero attached hydrogens (tertiary/aromatic N) is 2. The Balaban J connectivity index is 2.21. The maximum Gasteiger partial charge on any atom is 0.103 e. The van der Waals surface area contributed by atoms with Crippen LogP contribution < -0.4 is 4.90 Å². The summed E-state index contributed by atoms with van der Waals surface area (Å²) in [6.45, 7) is 4.25. The van der Waals surface area contributed by atoms with E-state index in [0.717, 1.165) is 47.8 Å². The molecule has 1 heterocycles. The molecule has 1 fully saturated rings. The van der Waals surface area contributed by atoms with Crippen LogP contribution in [0.3, 0.4) is 0 Å². The third-order valence-corrected chi connectivity index (χ3v) is 4.57. The van der Waals surface area contributed by atoms with Crippen LogP contribution in [0, 0.1) is 17.2 Å². The zero-order valence-electron chi connectivity index (χ0n) is 11.3. The average molecular weight is 276 g/mol. The van der Waals surface area contributed by atoms with Gasteiger partial charge in [0.25, 0.3) is 0 Å². The van der Waals surface area contributed by atoms with E-state index in [0.29, 0.717) is 5.92 Å². The van der Waals surface area contributed by atoms with Crippen LogP contribution in [0.15, 0.2) is 23.1 Å². The van der Waals surface area contributed by atoms with Gasteiger partial charge in [0.15, 0.2) is 0 Å². The van der Waals surface area contributed by atoms with E-state index in [1.807, 2.05) is 18.2 Å². The van der Waals surface area contributed by atoms with E-state index >= 15 is 0 Å². The van der Waals surface area contributed by atoms with E-state index < -0.39 is 0 Å². The lowest BCUT2D eigenvalue weighted by atomic mass is 9.97. The molecule has 1 saturated heterocycles. The third-order valence-electron chi connectivity index (χ3n) is 3.63. The SMILES string of the molecule is CCSc1cccc(N2CCC(CO)CC2)c1C#N. The van der Waals surface area contributed by atoms with Crippen molar-refractivity contribution in [2.75, 3.05) is 30.3 Å². The second-order valence-corrected chi connectivity index (χ2v) is 6.11. The number of aliphatic hydroxyl groups excluding tert-OH is 1. The lowest BCUT2D eigenvalue weighted by molar-refractivity contribution is 0.203. The van der Waals surface area contributed by atoms with E-state index in [1.165, 1.54) is 0 Å². The first-order chi connectivity index (χ1) is 9.30. The highest BCUT2D eigenvalue weighted by Crippen LogP contribution is 2.32. The predicted molar refractivity (Wildman–Crippen MR) is 79.6 cm³/mol. The molecule has 3 nitrogen and oxygen atoms in total. The van der Waals surface area contributed by atoms with E-state index in [1.54, 1.807) is 11.8 Å². The molecule has 0 aromatic heterocycles. The van der Waals surface area contributed by atoms with Crippen LogP contribution in [0.1, 0.15) is 25.3 Å². The molecule has 1 aliphatic rings. The molecule has 0 bridgehead atoms. The summed E-state index contributed by atoms with van der Waals surface area (Å²) in [4.78, 5) is 3.36. The van der Waals surface area contributed by atoms with Crippen molar-refractivity contribution in [3.8, 4) is 6.07 Å². The third kappa shape index (κ3) is 3.23. The molecule has 1 aromatic rings. The Kier molecular flexibility index (Phi) is 5.12. The van der Waals surface area contributed by atoms with E-state index in [4.69, 9.17) is 0 Å². The lowest BCUT2D eigenvalue weighted by Crippen LogP contribution is -2.35. The molecule has 1 aliphatic heterocycles. The summed E-state index contributed by atoms with van der Waals surface area (Å²) in [6, 6.07) is 8.46. The maximum absolute atomic E-state index is 9.42. The second-order valence-electron chi connectivity index (χ2n) is 4.81. The minimum atomic E-state index is 0.282. The van der Waals surface area contributed by atoms with Gasteiger partial charge in [-0.2, -0.15) is 5.26 Å². The second kappa shape index (κ2) is 6.83. The van der Waals surface area contributed by atoms with Gasteiger partial charge < -0.3 is 10.0 Å². The number of hydrogen-bond donors (Lipinski definition) is 1. The van der Waals surface area contributed by atoms with E-state index in [9.17, 15) is 10.4 Å². The van der Waals surface area contributed by atoms with Gasteiger partial charge in [0, 0.05) is 24.6 Å². The Morgan fingerprint density at radius 3 is 2.74 bits per heavy atom. The fourth-order valence-electron chi connectivity index (χ4n) is 2.53. The summed E-state index contributed by atoms with van der Waals surface area (Å²) in [5, 5.41) is 18.6. The van der Waals surface area contributed by atoms with Crippen molar-refractivity contribution in [3.63, 3.8) is 0 Å². The molecule has 1 N–H and O–H groups in total. The minimum absolute atomic E-state index is 0.282. The summed E-state index contributed by atoms with van der Waals surface area (Å²) >= 11 is 1.72. The number of anilines is 1. The molecular formula is C15H20N2OS. The minimum Gasteiger partial charge on any atom is -0.396 e. The molecule has 1 aromatic carbocycles. The molecule has 102 valence electrons. The molecule has 19 heavy (non-hydrogen) atoms. The summed E-state index contributed by atoms with van der Waals surface area (Å²) in [7, 11) is 0. The molecule has 4 heteroatoms. The van der Waals surface area contributed by atoms with Crippen molar-refractivity contribution in [1.82, 2.24) is 0 Å². The monoisotopic (exact) mass is 276 g/mol. The summed E-state index contributed by atoms with van der Waals surface area (Å²) in [6.07, 6.45) is 2.01. The van der Waals surface area contributed by atoms with Gasteiger partial charge in [0.05, 0.1) is 11.3 Å². The van der Waals surface area contributed by atoms with Gasteiger partial charge in [0.2, 0.25) is 0 Å². The van der Waals surface area contributed by atoms with Gasteiger partial charge in [-0.05, 0) is 36.6 Å². The highest BCUT2D eigenvalue weighted by molar-refractivity contribution is 7.99. The summed E-state index contributed by atoms with van der Waals surface area (Å²) in [5.41, 5.74) is 1.86. The fraction of sp³-hybridized carbons (Fsp3) is 0.533. The number of hydrogen-bond acceptors (Lipinski definition) is 4. The summed E-state index contributed by atoms with van der Waals surface area (Å²) < 4.78 is 0. The molecule has 0 spiro atoms. The van der Waals surface area contributed by atoms with Crippen molar-refractivity contribution < 1.29 is 5.11 Å². The van der Waals surface area contributed by atoms with Gasteiger partial charge in [-0.3, -0.25) is 0 Å². The number of benzene rings is 1. The van der Waals surface area contributed by atoms with Crippen molar-refractivity contribution in [2.45, 2.75) is 24.7 Å². The van der Waals surface area contributed by atoms with Gasteiger partial charge >= 0.3 is 0 Å². The first-order valence-electron chi connectivity index (χ1n) is 6.81. The lowest BCUT2D eigenvalue weighted by Gasteiger charge is -2.33. The largest absolute Gasteiger partial charge is 0.396 e. The molecular weight excluding hydrogens is 256 g/mol. The molecule has 0 amide bonds. The molecule has 2 rings (SSSR count). The Labute approximate surface area is 119 Å². The Bertz CT molecular complexity index is 462. The van der Waals surface area contributed by atoms with Gasteiger partial charge in [-0.15, -0.1) is 11.8 Å². The average Bonchev–Trinajstić information content (AvgIpc) is 2.47. The zero-order chi connectivity index (χ0) is 13.7. The number of aliphatic hydroxyl groups is 1. The highest BCUT2D eigenvalue weighted by atomic mass is 32.2. The Hall–Kier alpha value is -1.18. The quantitative estimate of drug-likeness (QED) is 0.859. The van der Waals surface area contributed by atoms with Gasteiger partial charge in [-0.1, -0.05) is 13.0 Å². The van der Waals surface area contributed by atoms with Crippen LogP contribution in [0.5, 0.6) is 0 Å². The standard InChI is InChI=1S/C15H20N2OS/c1-2-19-15-5-3-4-14(13(15)10-16)17-8-6-12(11-18)7-9-17/h3-5,12,18H,2,6-9,11H2,1H3. The molecule has 0 aliphatic carbocycles. The van der Waals surface area contributed by atoms with Crippen LogP contribution in [-0.4, -0.2) is 30.6 Å². The number of nitriles is 1. The molecule has 0 atom stereocenters. The summed E-state index contributed by atoms with van der Waals surface area (Å²) in [5.74, 6) is 1.40. The van der Waals surface area contributed by atoms with Crippen LogP contribution in [-0.2, 0) is 0 Å². The first-order valence-corrected chi connectivity index (χ1v) is 7.80. The molecule has 0 saturated carbocycles. The number of thioether (sulfide) groups is 1. The highest BCUT2D eigenvalue weighted by Gasteiger charge is 2.21. The van der Waals surface area contributed by atoms with Crippen LogP contribution >= 0.6 is 11.8 Å². The van der Waals surface area contributed by atoms with Crippen molar-refractivity contribution in [2.24, 2.45) is 5.92 Å². The molecule has 0 unspecified atom stereocenters. The van der Waals surface area contributed by atoms with Gasteiger partial charge in [0.1, 0.15) is 6.07 Å². The van der Waals surface area contributed by atoms with Crippen LogP contribution in [0.25, 0.3) is 0 Å². The number of piperidine rings is 1. The number of rotatable bonds is 4. The Morgan fingerprint density at radius 2 is 2.16 bits per heavy atom. The van der Waals surface area contributed by atoms with E-state index in [-0.39, 0.29) is 6.61 Å². The smallest absolute Gasteiger partial charge is 0.103 e. The topological polar surface area (TPSA) is 47.3 Å². The predicted octanol–water partition coefficient (Wildman–Crippen LogP) is 2.88.